The minimum atomic E-state index is -0.309. The fraction of sp³-hybridized carbons (Fsp3) is 0.714. The Hall–Kier alpha value is -1.14. The van der Waals surface area contributed by atoms with E-state index in [0.717, 1.165) is 30.0 Å². The smallest absolute Gasteiger partial charge is 0.350 e. The van der Waals surface area contributed by atoms with Gasteiger partial charge in [-0.1, -0.05) is 24.2 Å². The van der Waals surface area contributed by atoms with Crippen molar-refractivity contribution >= 4 is 22.4 Å². The van der Waals surface area contributed by atoms with Crippen LogP contribution in [0.25, 0.3) is 0 Å². The molecular formula is C14H23N3O2S. The Labute approximate surface area is 124 Å². The number of ether oxygens (including phenoxy) is 1. The van der Waals surface area contributed by atoms with E-state index in [-0.39, 0.29) is 5.97 Å². The summed E-state index contributed by atoms with van der Waals surface area (Å²) in [6, 6.07) is 0.737. The molecule has 112 valence electrons. The lowest BCUT2D eigenvalue weighted by Gasteiger charge is -2.23. The molecule has 0 amide bonds. The normalized spacial score (nSPS) is 15.8. The van der Waals surface area contributed by atoms with Gasteiger partial charge >= 0.3 is 5.97 Å². The minimum absolute atomic E-state index is 0.309. The molecule has 2 rings (SSSR count). The number of hydrogen-bond acceptors (Lipinski definition) is 6. The topological polar surface area (TPSA) is 54.5 Å². The Morgan fingerprint density at radius 2 is 2.20 bits per heavy atom. The lowest BCUT2D eigenvalue weighted by Crippen LogP contribution is -2.33. The van der Waals surface area contributed by atoms with Crippen molar-refractivity contribution in [2.45, 2.75) is 38.6 Å². The van der Waals surface area contributed by atoms with Crippen LogP contribution < -0.4 is 5.32 Å². The van der Waals surface area contributed by atoms with E-state index in [1.165, 1.54) is 44.1 Å². The molecule has 1 aliphatic rings. The van der Waals surface area contributed by atoms with Gasteiger partial charge in [0.05, 0.1) is 12.8 Å². The number of methoxy groups -OCH3 is 1. The Morgan fingerprint density at radius 1 is 1.50 bits per heavy atom. The molecule has 20 heavy (non-hydrogen) atoms. The first-order valence-electron chi connectivity index (χ1n) is 7.11. The molecule has 5 nitrogen and oxygen atoms in total. The van der Waals surface area contributed by atoms with Crippen LogP contribution in [0.15, 0.2) is 0 Å². The highest BCUT2D eigenvalue weighted by Crippen LogP contribution is 2.24. The molecule has 0 atom stereocenters. The Balaban J connectivity index is 1.80. The van der Waals surface area contributed by atoms with Crippen LogP contribution in [-0.4, -0.2) is 49.1 Å². The molecule has 6 heteroatoms. The molecule has 1 saturated carbocycles. The van der Waals surface area contributed by atoms with Crippen molar-refractivity contribution in [3.8, 4) is 0 Å². The van der Waals surface area contributed by atoms with E-state index in [2.05, 4.69) is 22.2 Å². The van der Waals surface area contributed by atoms with Crippen molar-refractivity contribution in [3.05, 3.63) is 10.6 Å². The van der Waals surface area contributed by atoms with Gasteiger partial charge in [0, 0.05) is 19.1 Å². The van der Waals surface area contributed by atoms with Crippen molar-refractivity contribution in [3.63, 3.8) is 0 Å². The number of esters is 1. The van der Waals surface area contributed by atoms with E-state index in [1.807, 2.05) is 6.92 Å². The van der Waals surface area contributed by atoms with Crippen LogP contribution in [0.5, 0.6) is 0 Å². The fourth-order valence-electron chi connectivity index (χ4n) is 2.62. The van der Waals surface area contributed by atoms with Crippen LogP contribution in [0.4, 0.5) is 5.13 Å². The first-order chi connectivity index (χ1) is 9.61. The molecule has 0 aromatic carbocycles. The van der Waals surface area contributed by atoms with Gasteiger partial charge in [0.25, 0.3) is 0 Å². The van der Waals surface area contributed by atoms with Crippen molar-refractivity contribution in [2.75, 3.05) is 32.6 Å². The van der Waals surface area contributed by atoms with Gasteiger partial charge in [-0.15, -0.1) is 0 Å². The number of nitrogens with one attached hydrogen (secondary N) is 1. The number of rotatable bonds is 6. The maximum Gasteiger partial charge on any atom is 0.350 e. The molecule has 0 saturated heterocycles. The van der Waals surface area contributed by atoms with Gasteiger partial charge < -0.3 is 15.0 Å². The third-order valence-electron chi connectivity index (χ3n) is 3.86. The average molecular weight is 297 g/mol. The summed E-state index contributed by atoms with van der Waals surface area (Å²) in [6.07, 6.45) is 5.35. The van der Waals surface area contributed by atoms with Gasteiger partial charge in [0.2, 0.25) is 0 Å². The Kier molecular flexibility index (Phi) is 5.37. The first-order valence-corrected chi connectivity index (χ1v) is 7.93. The van der Waals surface area contributed by atoms with Gasteiger partial charge in [-0.3, -0.25) is 0 Å². The summed E-state index contributed by atoms with van der Waals surface area (Å²) in [7, 11) is 3.58. The van der Waals surface area contributed by atoms with Gasteiger partial charge in [-0.05, 0) is 26.8 Å². The molecule has 1 aliphatic carbocycles. The number of nitrogens with zero attached hydrogens (tertiary/aromatic N) is 2. The van der Waals surface area contributed by atoms with Gasteiger partial charge in [-0.25, -0.2) is 9.78 Å². The molecule has 1 aromatic rings. The van der Waals surface area contributed by atoms with E-state index in [9.17, 15) is 4.79 Å². The molecule has 0 spiro atoms. The highest BCUT2D eigenvalue weighted by atomic mass is 32.1. The molecular weight excluding hydrogens is 274 g/mol. The summed E-state index contributed by atoms with van der Waals surface area (Å²) in [5, 5.41) is 4.09. The lowest BCUT2D eigenvalue weighted by molar-refractivity contribution is 0.0605. The Morgan fingerprint density at radius 3 is 2.85 bits per heavy atom. The van der Waals surface area contributed by atoms with Crippen LogP contribution in [0, 0.1) is 6.92 Å². The molecule has 1 aromatic heterocycles. The summed E-state index contributed by atoms with van der Waals surface area (Å²) in [5.74, 6) is -0.309. The monoisotopic (exact) mass is 297 g/mol. The highest BCUT2D eigenvalue weighted by Gasteiger charge is 2.19. The largest absolute Gasteiger partial charge is 0.465 e. The molecule has 0 radical (unpaired) electrons. The lowest BCUT2D eigenvalue weighted by atomic mass is 10.2. The second-order valence-electron chi connectivity index (χ2n) is 5.27. The summed E-state index contributed by atoms with van der Waals surface area (Å²) < 4.78 is 4.74. The van der Waals surface area contributed by atoms with E-state index >= 15 is 0 Å². The molecule has 1 heterocycles. The molecule has 0 unspecified atom stereocenters. The van der Waals surface area contributed by atoms with Crippen LogP contribution in [-0.2, 0) is 4.74 Å². The predicted octanol–water partition coefficient (Wildman–Crippen LogP) is 2.52. The fourth-order valence-corrected chi connectivity index (χ4v) is 3.53. The number of carbonyl (C=O) groups excluding carboxylic acids is 1. The average Bonchev–Trinajstić information content (AvgIpc) is 3.07. The number of carbonyl (C=O) groups is 1. The predicted molar refractivity (Wildman–Crippen MR) is 81.6 cm³/mol. The zero-order valence-electron chi connectivity index (χ0n) is 12.4. The number of aryl methyl sites for hydroxylation is 1. The van der Waals surface area contributed by atoms with Gasteiger partial charge in [0.1, 0.15) is 4.88 Å². The summed E-state index contributed by atoms with van der Waals surface area (Å²) in [6.45, 7) is 3.68. The minimum Gasteiger partial charge on any atom is -0.465 e. The highest BCUT2D eigenvalue weighted by molar-refractivity contribution is 7.17. The number of hydrogen-bond donors (Lipinski definition) is 1. The van der Waals surface area contributed by atoms with E-state index in [0.29, 0.717) is 4.88 Å². The second-order valence-corrected chi connectivity index (χ2v) is 6.27. The molecule has 0 aliphatic heterocycles. The first kappa shape index (κ1) is 15.3. The summed E-state index contributed by atoms with van der Waals surface area (Å²) >= 11 is 1.36. The quantitative estimate of drug-likeness (QED) is 0.818. The van der Waals surface area contributed by atoms with E-state index in [4.69, 9.17) is 4.74 Å². The van der Waals surface area contributed by atoms with Crippen LogP contribution >= 0.6 is 11.3 Å². The zero-order chi connectivity index (χ0) is 14.5. The standard InChI is InChI=1S/C14H23N3O2S/c1-10-12(13(18)19-3)20-14(16-10)15-8-9-17(2)11-6-4-5-7-11/h11H,4-9H2,1-3H3,(H,15,16). The van der Waals surface area contributed by atoms with Gasteiger partial charge in [-0.2, -0.15) is 0 Å². The SMILES string of the molecule is COC(=O)c1sc(NCCN(C)C2CCCC2)nc1C. The maximum atomic E-state index is 11.5. The van der Waals surface area contributed by atoms with Crippen molar-refractivity contribution in [1.29, 1.82) is 0 Å². The summed E-state index contributed by atoms with van der Waals surface area (Å²) in [5.41, 5.74) is 0.730. The maximum absolute atomic E-state index is 11.5. The summed E-state index contributed by atoms with van der Waals surface area (Å²) in [4.78, 5) is 18.9. The Bertz CT molecular complexity index is 455. The molecule has 1 fully saturated rings. The van der Waals surface area contributed by atoms with Crippen molar-refractivity contribution in [1.82, 2.24) is 9.88 Å². The molecule has 1 N–H and O–H groups in total. The molecule has 0 bridgehead atoms. The van der Waals surface area contributed by atoms with Crippen LogP contribution in [0.3, 0.4) is 0 Å². The number of thiazole rings is 1. The van der Waals surface area contributed by atoms with Crippen LogP contribution in [0.2, 0.25) is 0 Å². The zero-order valence-corrected chi connectivity index (χ0v) is 13.3. The third kappa shape index (κ3) is 3.70. The van der Waals surface area contributed by atoms with Crippen LogP contribution in [0.1, 0.15) is 41.0 Å². The van der Waals surface area contributed by atoms with Crippen molar-refractivity contribution < 1.29 is 9.53 Å². The number of aromatic nitrogens is 1. The number of likely N-dealkylation sites (N-methyl/N-ethyl adjacent to an activating group) is 1. The van der Waals surface area contributed by atoms with E-state index < -0.39 is 0 Å². The van der Waals surface area contributed by atoms with Gasteiger partial charge in [0.15, 0.2) is 5.13 Å². The van der Waals surface area contributed by atoms with Crippen molar-refractivity contribution in [2.24, 2.45) is 0 Å². The second kappa shape index (κ2) is 7.04. The number of anilines is 1. The van der Waals surface area contributed by atoms with E-state index in [1.54, 1.807) is 0 Å². The third-order valence-corrected chi connectivity index (χ3v) is 4.95.